The molecule has 4 aromatic rings. The van der Waals surface area contributed by atoms with Gasteiger partial charge in [0.05, 0.1) is 11.1 Å². The van der Waals surface area contributed by atoms with Crippen LogP contribution in [0, 0.1) is 13.8 Å². The molecule has 0 N–H and O–H groups in total. The van der Waals surface area contributed by atoms with Crippen LogP contribution in [0.25, 0.3) is 10.8 Å². The second-order valence-electron chi connectivity index (χ2n) is 7.90. The van der Waals surface area contributed by atoms with Gasteiger partial charge in [-0.3, -0.25) is 14.6 Å². The van der Waals surface area contributed by atoms with Gasteiger partial charge in [-0.25, -0.2) is 4.68 Å². The molecule has 0 radical (unpaired) electrons. The molecule has 2 aromatic heterocycles. The fourth-order valence-corrected chi connectivity index (χ4v) is 3.85. The van der Waals surface area contributed by atoms with Crippen LogP contribution in [0.5, 0.6) is 0 Å². The Bertz CT molecular complexity index is 1330. The van der Waals surface area contributed by atoms with Gasteiger partial charge in [-0.2, -0.15) is 5.10 Å². The van der Waals surface area contributed by atoms with E-state index in [2.05, 4.69) is 10.1 Å². The molecule has 0 aliphatic carbocycles. The summed E-state index contributed by atoms with van der Waals surface area (Å²) in [5.74, 6) is -0.173. The number of anilines is 1. The molecule has 0 fully saturated rings. The molecule has 0 aliphatic heterocycles. The van der Waals surface area contributed by atoms with E-state index in [1.807, 2.05) is 69.3 Å². The number of aryl methyl sites for hydroxylation is 2. The predicted octanol–water partition coefficient (Wildman–Crippen LogP) is 4.05. The molecule has 4 rings (SSSR count). The van der Waals surface area contributed by atoms with Crippen LogP contribution < -0.4 is 10.5 Å². The number of rotatable bonds is 6. The van der Waals surface area contributed by atoms with Crippen molar-refractivity contribution in [3.63, 3.8) is 0 Å². The van der Waals surface area contributed by atoms with Gasteiger partial charge >= 0.3 is 0 Å². The van der Waals surface area contributed by atoms with Gasteiger partial charge in [0, 0.05) is 36.4 Å². The second kappa shape index (κ2) is 9.14. The van der Waals surface area contributed by atoms with Gasteiger partial charge in [0.1, 0.15) is 6.54 Å². The first-order valence-electron chi connectivity index (χ1n) is 10.7. The Balaban J connectivity index is 1.71. The van der Waals surface area contributed by atoms with Gasteiger partial charge in [0.2, 0.25) is 5.91 Å². The van der Waals surface area contributed by atoms with E-state index in [0.29, 0.717) is 18.4 Å². The van der Waals surface area contributed by atoms with Crippen molar-refractivity contribution < 1.29 is 4.79 Å². The zero-order valence-electron chi connectivity index (χ0n) is 18.6. The third-order valence-electron chi connectivity index (χ3n) is 5.74. The number of carbonyl (C=O) groups excluding carboxylic acids is 1. The molecule has 0 saturated carbocycles. The lowest BCUT2D eigenvalue weighted by atomic mass is 10.1. The Morgan fingerprint density at radius 2 is 1.78 bits per heavy atom. The molecule has 0 saturated heterocycles. The lowest BCUT2D eigenvalue weighted by Gasteiger charge is -2.22. The smallest absolute Gasteiger partial charge is 0.275 e. The van der Waals surface area contributed by atoms with Gasteiger partial charge in [-0.1, -0.05) is 30.3 Å². The zero-order chi connectivity index (χ0) is 22.7. The van der Waals surface area contributed by atoms with Crippen LogP contribution in [0.1, 0.15) is 29.3 Å². The Morgan fingerprint density at radius 3 is 2.47 bits per heavy atom. The summed E-state index contributed by atoms with van der Waals surface area (Å²) in [4.78, 5) is 32.2. The van der Waals surface area contributed by atoms with Crippen molar-refractivity contribution in [3.05, 3.63) is 99.7 Å². The number of hydrogen-bond donors (Lipinski definition) is 0. The van der Waals surface area contributed by atoms with E-state index < -0.39 is 0 Å². The minimum absolute atomic E-state index is 0.121. The summed E-state index contributed by atoms with van der Waals surface area (Å²) < 4.78 is 1.29. The molecule has 1 amide bonds. The summed E-state index contributed by atoms with van der Waals surface area (Å²) in [5, 5.41) is 5.96. The van der Waals surface area contributed by atoms with Crippen LogP contribution in [0.15, 0.2) is 71.8 Å². The van der Waals surface area contributed by atoms with Crippen LogP contribution in [0.2, 0.25) is 0 Å². The Labute approximate surface area is 187 Å². The Morgan fingerprint density at radius 1 is 1.00 bits per heavy atom. The molecule has 0 atom stereocenters. The van der Waals surface area contributed by atoms with Crippen LogP contribution in [-0.4, -0.2) is 27.2 Å². The van der Waals surface area contributed by atoms with Crippen LogP contribution >= 0.6 is 0 Å². The molecule has 6 nitrogen and oxygen atoms in total. The number of carbonyl (C=O) groups is 1. The van der Waals surface area contributed by atoms with Gasteiger partial charge < -0.3 is 4.90 Å². The molecule has 0 bridgehead atoms. The highest BCUT2D eigenvalue weighted by Gasteiger charge is 2.18. The molecule has 0 unspecified atom stereocenters. The van der Waals surface area contributed by atoms with Crippen molar-refractivity contribution in [2.45, 2.75) is 33.7 Å². The van der Waals surface area contributed by atoms with E-state index in [4.69, 9.17) is 0 Å². The fourth-order valence-electron chi connectivity index (χ4n) is 3.85. The molecular weight excluding hydrogens is 400 g/mol. The molecule has 2 aromatic carbocycles. The van der Waals surface area contributed by atoms with E-state index in [0.717, 1.165) is 27.9 Å². The summed E-state index contributed by atoms with van der Waals surface area (Å²) in [6.07, 6.45) is 4.04. The average molecular weight is 427 g/mol. The predicted molar refractivity (Wildman–Crippen MR) is 127 cm³/mol. The number of pyridine rings is 1. The number of amides is 1. The first kappa shape index (κ1) is 21.4. The van der Waals surface area contributed by atoms with Crippen LogP contribution in [-0.2, 0) is 17.8 Å². The summed E-state index contributed by atoms with van der Waals surface area (Å²) in [6.45, 7) is 6.38. The van der Waals surface area contributed by atoms with Gasteiger partial charge in [0.25, 0.3) is 5.56 Å². The van der Waals surface area contributed by atoms with E-state index in [9.17, 15) is 9.59 Å². The highest BCUT2D eigenvalue weighted by atomic mass is 16.2. The van der Waals surface area contributed by atoms with Gasteiger partial charge in [-0.05, 0) is 61.7 Å². The molecule has 162 valence electrons. The van der Waals surface area contributed by atoms with E-state index >= 15 is 0 Å². The van der Waals surface area contributed by atoms with Crippen molar-refractivity contribution in [1.82, 2.24) is 14.8 Å². The first-order chi connectivity index (χ1) is 15.5. The number of nitrogens with zero attached hydrogens (tertiary/aromatic N) is 4. The second-order valence-corrected chi connectivity index (χ2v) is 7.90. The molecule has 6 heteroatoms. The van der Waals surface area contributed by atoms with E-state index in [1.165, 1.54) is 10.2 Å². The highest BCUT2D eigenvalue weighted by molar-refractivity contribution is 5.93. The van der Waals surface area contributed by atoms with Gasteiger partial charge in [-0.15, -0.1) is 0 Å². The number of hydrogen-bond acceptors (Lipinski definition) is 4. The third-order valence-corrected chi connectivity index (χ3v) is 5.74. The summed E-state index contributed by atoms with van der Waals surface area (Å²) in [5.41, 5.74) is 4.59. The lowest BCUT2D eigenvalue weighted by Crippen LogP contribution is -2.38. The van der Waals surface area contributed by atoms with Crippen LogP contribution in [0.4, 0.5) is 5.69 Å². The standard InChI is InChI=1S/C26H26N4O2/c1-4-29(21-12-11-18(2)19(3)14-21)25(31)17-30-26(32)23-10-6-5-9-22(23)24(28-30)15-20-8-7-13-27-16-20/h5-14,16H,4,15,17H2,1-3H3. The molecular formula is C26H26N4O2. The molecule has 2 heterocycles. The zero-order valence-corrected chi connectivity index (χ0v) is 18.6. The maximum atomic E-state index is 13.2. The van der Waals surface area contributed by atoms with Crippen molar-refractivity contribution in [2.75, 3.05) is 11.4 Å². The third kappa shape index (κ3) is 4.30. The van der Waals surface area contributed by atoms with E-state index in [-0.39, 0.29) is 18.0 Å². The highest BCUT2D eigenvalue weighted by Crippen LogP contribution is 2.20. The number of likely N-dealkylation sites (N-methyl/N-ethyl adjacent to an activating group) is 1. The fraction of sp³-hybridized carbons (Fsp3) is 0.231. The maximum Gasteiger partial charge on any atom is 0.275 e. The molecule has 32 heavy (non-hydrogen) atoms. The lowest BCUT2D eigenvalue weighted by molar-refractivity contribution is -0.119. The van der Waals surface area contributed by atoms with Crippen molar-refractivity contribution >= 4 is 22.4 Å². The van der Waals surface area contributed by atoms with Gasteiger partial charge in [0.15, 0.2) is 0 Å². The normalized spacial score (nSPS) is 11.0. The maximum absolute atomic E-state index is 13.2. The SMILES string of the molecule is CCN(C(=O)Cn1nc(Cc2cccnc2)c2ccccc2c1=O)c1ccc(C)c(C)c1. The van der Waals surface area contributed by atoms with E-state index in [1.54, 1.807) is 23.4 Å². The average Bonchev–Trinajstić information content (AvgIpc) is 2.80. The number of fused-ring (bicyclic) bond motifs is 1. The Hall–Kier alpha value is -3.80. The molecule has 0 aliphatic rings. The minimum Gasteiger partial charge on any atom is -0.311 e. The number of benzene rings is 2. The largest absolute Gasteiger partial charge is 0.311 e. The Kier molecular flexibility index (Phi) is 6.12. The van der Waals surface area contributed by atoms with Crippen molar-refractivity contribution in [3.8, 4) is 0 Å². The minimum atomic E-state index is -0.264. The summed E-state index contributed by atoms with van der Waals surface area (Å²) in [7, 11) is 0. The van der Waals surface area contributed by atoms with Crippen LogP contribution in [0.3, 0.4) is 0 Å². The summed E-state index contributed by atoms with van der Waals surface area (Å²) >= 11 is 0. The molecule has 0 spiro atoms. The number of aromatic nitrogens is 3. The first-order valence-corrected chi connectivity index (χ1v) is 10.7. The quantitative estimate of drug-likeness (QED) is 0.466. The topological polar surface area (TPSA) is 68.1 Å². The van der Waals surface area contributed by atoms with Crippen molar-refractivity contribution in [2.24, 2.45) is 0 Å². The monoisotopic (exact) mass is 426 g/mol. The van der Waals surface area contributed by atoms with Crippen molar-refractivity contribution in [1.29, 1.82) is 0 Å². The summed E-state index contributed by atoms with van der Waals surface area (Å²) in [6, 6.07) is 17.2.